The molecule has 0 spiro atoms. The van der Waals surface area contributed by atoms with Crippen LogP contribution in [0, 0.1) is 0 Å². The van der Waals surface area contributed by atoms with E-state index in [1.807, 2.05) is 12.4 Å². The van der Waals surface area contributed by atoms with E-state index < -0.39 is 0 Å². The van der Waals surface area contributed by atoms with Crippen LogP contribution in [0.1, 0.15) is 24.8 Å². The highest BCUT2D eigenvalue weighted by atomic mass is 15.2. The summed E-state index contributed by atoms with van der Waals surface area (Å²) in [5.41, 5.74) is 1.17. The summed E-state index contributed by atoms with van der Waals surface area (Å²) in [5, 5.41) is 0. The summed E-state index contributed by atoms with van der Waals surface area (Å²) in [6.07, 6.45) is 7.76. The van der Waals surface area contributed by atoms with Crippen molar-refractivity contribution in [3.05, 3.63) is 18.0 Å². The molecule has 0 bridgehead atoms. The van der Waals surface area contributed by atoms with Gasteiger partial charge in [0.1, 0.15) is 0 Å². The maximum absolute atomic E-state index is 4.44. The molecule has 0 aromatic carbocycles. The Hall–Kier alpha value is -1.16. The van der Waals surface area contributed by atoms with Crippen molar-refractivity contribution >= 4 is 5.95 Å². The molecule has 0 atom stereocenters. The molecule has 0 aliphatic carbocycles. The fourth-order valence-corrected chi connectivity index (χ4v) is 2.05. The standard InChI is InChI=1S/C12H20N4/c1-15(2)10-11-8-13-12(14-9-11)16-6-4-3-5-7-16/h8-9H,3-7,10H2,1-2H3. The van der Waals surface area contributed by atoms with Crippen molar-refractivity contribution in [2.45, 2.75) is 25.8 Å². The third-order valence-corrected chi connectivity index (χ3v) is 2.83. The first-order chi connectivity index (χ1) is 7.75. The monoisotopic (exact) mass is 220 g/mol. The Bertz CT molecular complexity index is 314. The molecular weight excluding hydrogens is 200 g/mol. The fraction of sp³-hybridized carbons (Fsp3) is 0.667. The van der Waals surface area contributed by atoms with Gasteiger partial charge in [-0.1, -0.05) is 0 Å². The molecule has 1 aliphatic heterocycles. The number of rotatable bonds is 3. The van der Waals surface area contributed by atoms with Gasteiger partial charge in [0.25, 0.3) is 0 Å². The summed E-state index contributed by atoms with van der Waals surface area (Å²) < 4.78 is 0. The summed E-state index contributed by atoms with van der Waals surface area (Å²) >= 11 is 0. The molecule has 0 N–H and O–H groups in total. The predicted octanol–water partition coefficient (Wildman–Crippen LogP) is 1.53. The van der Waals surface area contributed by atoms with Crippen molar-refractivity contribution in [1.82, 2.24) is 14.9 Å². The minimum atomic E-state index is 0.891. The molecule has 88 valence electrons. The summed E-state index contributed by atoms with van der Waals surface area (Å²) in [7, 11) is 4.11. The zero-order valence-corrected chi connectivity index (χ0v) is 10.2. The van der Waals surface area contributed by atoms with Crippen molar-refractivity contribution in [2.24, 2.45) is 0 Å². The summed E-state index contributed by atoms with van der Waals surface area (Å²) in [6.45, 7) is 3.11. The van der Waals surface area contributed by atoms with Crippen LogP contribution >= 0.6 is 0 Å². The van der Waals surface area contributed by atoms with Crippen LogP contribution in [0.5, 0.6) is 0 Å². The Morgan fingerprint density at radius 3 is 2.31 bits per heavy atom. The first-order valence-electron chi connectivity index (χ1n) is 5.96. The van der Waals surface area contributed by atoms with Crippen LogP contribution in [0.4, 0.5) is 5.95 Å². The highest BCUT2D eigenvalue weighted by Crippen LogP contribution is 2.15. The van der Waals surface area contributed by atoms with Gasteiger partial charge in [-0.3, -0.25) is 0 Å². The van der Waals surface area contributed by atoms with Gasteiger partial charge in [-0.05, 0) is 33.4 Å². The average Bonchev–Trinajstić information content (AvgIpc) is 2.30. The van der Waals surface area contributed by atoms with E-state index in [1.54, 1.807) is 0 Å². The van der Waals surface area contributed by atoms with Gasteiger partial charge in [0, 0.05) is 37.6 Å². The third kappa shape index (κ3) is 2.92. The van der Waals surface area contributed by atoms with Crippen LogP contribution in [0.25, 0.3) is 0 Å². The second kappa shape index (κ2) is 5.25. The number of aromatic nitrogens is 2. The zero-order chi connectivity index (χ0) is 11.4. The highest BCUT2D eigenvalue weighted by Gasteiger charge is 2.12. The van der Waals surface area contributed by atoms with Gasteiger partial charge in [0.2, 0.25) is 5.95 Å². The van der Waals surface area contributed by atoms with Crippen molar-refractivity contribution in [2.75, 3.05) is 32.1 Å². The van der Waals surface area contributed by atoms with Gasteiger partial charge in [-0.25, -0.2) is 9.97 Å². The molecule has 0 saturated carbocycles. The Balaban J connectivity index is 2.00. The van der Waals surface area contributed by atoms with Gasteiger partial charge in [0.05, 0.1) is 0 Å². The van der Waals surface area contributed by atoms with E-state index in [0.29, 0.717) is 0 Å². The van der Waals surface area contributed by atoms with Crippen LogP contribution in [0.3, 0.4) is 0 Å². The van der Waals surface area contributed by atoms with E-state index in [-0.39, 0.29) is 0 Å². The Morgan fingerprint density at radius 1 is 1.12 bits per heavy atom. The Morgan fingerprint density at radius 2 is 1.75 bits per heavy atom. The highest BCUT2D eigenvalue weighted by molar-refractivity contribution is 5.30. The van der Waals surface area contributed by atoms with Gasteiger partial charge in [-0.2, -0.15) is 0 Å². The van der Waals surface area contributed by atoms with E-state index in [9.17, 15) is 0 Å². The van der Waals surface area contributed by atoms with E-state index in [1.165, 1.54) is 24.8 Å². The second-order valence-electron chi connectivity index (χ2n) is 4.68. The largest absolute Gasteiger partial charge is 0.341 e. The number of anilines is 1. The minimum Gasteiger partial charge on any atom is -0.341 e. The molecule has 0 radical (unpaired) electrons. The molecule has 16 heavy (non-hydrogen) atoms. The third-order valence-electron chi connectivity index (χ3n) is 2.83. The molecule has 1 aromatic heterocycles. The van der Waals surface area contributed by atoms with Crippen LogP contribution in [0.15, 0.2) is 12.4 Å². The molecule has 0 amide bonds. The van der Waals surface area contributed by atoms with Gasteiger partial charge >= 0.3 is 0 Å². The molecule has 2 rings (SSSR count). The maximum atomic E-state index is 4.44. The van der Waals surface area contributed by atoms with E-state index in [4.69, 9.17) is 0 Å². The Kier molecular flexibility index (Phi) is 3.72. The average molecular weight is 220 g/mol. The second-order valence-corrected chi connectivity index (χ2v) is 4.68. The summed E-state index contributed by atoms with van der Waals surface area (Å²) in [5.74, 6) is 0.891. The lowest BCUT2D eigenvalue weighted by Gasteiger charge is -2.26. The number of hydrogen-bond donors (Lipinski definition) is 0. The molecule has 4 heteroatoms. The van der Waals surface area contributed by atoms with E-state index in [2.05, 4.69) is 33.9 Å². The first-order valence-corrected chi connectivity index (χ1v) is 5.96. The molecular formula is C12H20N4. The van der Waals surface area contributed by atoms with Gasteiger partial charge in [0.15, 0.2) is 0 Å². The summed E-state index contributed by atoms with van der Waals surface area (Å²) in [6, 6.07) is 0. The molecule has 1 aliphatic rings. The van der Waals surface area contributed by atoms with Crippen LogP contribution in [0.2, 0.25) is 0 Å². The lowest BCUT2D eigenvalue weighted by Crippen LogP contribution is -2.31. The van der Waals surface area contributed by atoms with E-state index >= 15 is 0 Å². The van der Waals surface area contributed by atoms with E-state index in [0.717, 1.165) is 25.6 Å². The normalized spacial score (nSPS) is 16.8. The smallest absolute Gasteiger partial charge is 0.225 e. The summed E-state index contributed by atoms with van der Waals surface area (Å²) in [4.78, 5) is 13.3. The van der Waals surface area contributed by atoms with Crippen LogP contribution in [-0.4, -0.2) is 42.1 Å². The van der Waals surface area contributed by atoms with Crippen molar-refractivity contribution in [1.29, 1.82) is 0 Å². The van der Waals surface area contributed by atoms with Crippen molar-refractivity contribution < 1.29 is 0 Å². The Labute approximate surface area is 97.3 Å². The van der Waals surface area contributed by atoms with Crippen molar-refractivity contribution in [3.8, 4) is 0 Å². The van der Waals surface area contributed by atoms with Gasteiger partial charge in [-0.15, -0.1) is 0 Å². The number of hydrogen-bond acceptors (Lipinski definition) is 4. The lowest BCUT2D eigenvalue weighted by molar-refractivity contribution is 0.401. The first kappa shape index (κ1) is 11.3. The lowest BCUT2D eigenvalue weighted by atomic mass is 10.1. The van der Waals surface area contributed by atoms with Crippen LogP contribution in [-0.2, 0) is 6.54 Å². The van der Waals surface area contributed by atoms with Crippen LogP contribution < -0.4 is 4.90 Å². The van der Waals surface area contributed by atoms with Crippen molar-refractivity contribution in [3.63, 3.8) is 0 Å². The minimum absolute atomic E-state index is 0.891. The quantitative estimate of drug-likeness (QED) is 0.773. The number of nitrogens with zero attached hydrogens (tertiary/aromatic N) is 4. The van der Waals surface area contributed by atoms with Gasteiger partial charge < -0.3 is 9.80 Å². The predicted molar refractivity (Wildman–Crippen MR) is 65.5 cm³/mol. The molecule has 0 unspecified atom stereocenters. The molecule has 1 saturated heterocycles. The fourth-order valence-electron chi connectivity index (χ4n) is 2.05. The molecule has 2 heterocycles. The SMILES string of the molecule is CN(C)Cc1cnc(N2CCCCC2)nc1. The maximum Gasteiger partial charge on any atom is 0.225 e. The zero-order valence-electron chi connectivity index (χ0n) is 10.2. The molecule has 1 fully saturated rings. The molecule has 1 aromatic rings. The topological polar surface area (TPSA) is 32.3 Å². The number of piperidine rings is 1. The molecule has 4 nitrogen and oxygen atoms in total.